The number of anilines is 1. The summed E-state index contributed by atoms with van der Waals surface area (Å²) in [7, 11) is -2.94. The number of benzene rings is 1. The van der Waals surface area contributed by atoms with Crippen molar-refractivity contribution in [3.63, 3.8) is 0 Å². The Morgan fingerprint density at radius 2 is 2.28 bits per heavy atom. The Morgan fingerprint density at radius 1 is 1.50 bits per heavy atom. The molecule has 0 bridgehead atoms. The fourth-order valence-corrected chi connectivity index (χ4v) is 4.20. The molecule has 1 N–H and O–H groups in total. The molecule has 1 atom stereocenters. The minimum Gasteiger partial charge on any atom is -0.383 e. The summed E-state index contributed by atoms with van der Waals surface area (Å²) in [5, 5.41) is 11.7. The lowest BCUT2D eigenvalue weighted by atomic mass is 10.2. The van der Waals surface area contributed by atoms with E-state index in [-0.39, 0.29) is 11.0 Å². The van der Waals surface area contributed by atoms with Gasteiger partial charge in [-0.3, -0.25) is 0 Å². The maximum Gasteiger partial charge on any atom is 0.154 e. The third kappa shape index (κ3) is 2.85. The summed E-state index contributed by atoms with van der Waals surface area (Å²) < 4.78 is 24.2. The predicted octanol–water partition coefficient (Wildman–Crippen LogP) is 2.31. The van der Waals surface area contributed by atoms with Crippen LogP contribution < -0.4 is 5.32 Å². The van der Waals surface area contributed by atoms with Crippen LogP contribution in [0, 0.1) is 11.3 Å². The summed E-state index contributed by atoms with van der Waals surface area (Å²) in [6.45, 7) is 0.374. The number of hydrogen-bond acceptors (Lipinski definition) is 4. The minimum absolute atomic E-state index is 0.283. The van der Waals surface area contributed by atoms with Crippen LogP contribution in [0.5, 0.6) is 0 Å². The predicted molar refractivity (Wildman–Crippen MR) is 74.2 cm³/mol. The standard InChI is InChI=1S/C12H13BrN2O2S/c13-10-3-4-12(9(6-10)7-14)15-8-11-2-1-5-18(11,16)17/h3-4,6,11,15H,1-2,5,8H2/t11-/m0/s1. The normalized spacial score (nSPS) is 21.4. The quantitative estimate of drug-likeness (QED) is 0.924. The molecule has 96 valence electrons. The first kappa shape index (κ1) is 13.4. The highest BCUT2D eigenvalue weighted by molar-refractivity contribution is 9.10. The molecule has 1 fully saturated rings. The molecule has 1 saturated heterocycles. The van der Waals surface area contributed by atoms with Gasteiger partial charge in [-0.05, 0) is 31.0 Å². The average molecular weight is 329 g/mol. The van der Waals surface area contributed by atoms with Gasteiger partial charge < -0.3 is 5.32 Å². The average Bonchev–Trinajstić information content (AvgIpc) is 2.66. The molecule has 18 heavy (non-hydrogen) atoms. The number of hydrogen-bond donors (Lipinski definition) is 1. The highest BCUT2D eigenvalue weighted by atomic mass is 79.9. The van der Waals surface area contributed by atoms with E-state index in [1.54, 1.807) is 12.1 Å². The van der Waals surface area contributed by atoms with E-state index in [1.807, 2.05) is 6.07 Å². The van der Waals surface area contributed by atoms with E-state index in [4.69, 9.17) is 5.26 Å². The van der Waals surface area contributed by atoms with Gasteiger partial charge in [-0.1, -0.05) is 15.9 Å². The van der Waals surface area contributed by atoms with E-state index in [0.29, 0.717) is 24.2 Å². The van der Waals surface area contributed by atoms with E-state index < -0.39 is 9.84 Å². The fraction of sp³-hybridized carbons (Fsp3) is 0.417. The van der Waals surface area contributed by atoms with Gasteiger partial charge in [-0.15, -0.1) is 0 Å². The first-order chi connectivity index (χ1) is 8.53. The molecule has 1 aromatic carbocycles. The van der Waals surface area contributed by atoms with Crippen molar-refractivity contribution in [3.05, 3.63) is 28.2 Å². The lowest BCUT2D eigenvalue weighted by Crippen LogP contribution is -2.25. The number of nitrogens with zero attached hydrogens (tertiary/aromatic N) is 1. The minimum atomic E-state index is -2.94. The van der Waals surface area contributed by atoms with Gasteiger partial charge in [0.15, 0.2) is 9.84 Å². The Balaban J connectivity index is 2.10. The van der Waals surface area contributed by atoms with Crippen LogP contribution in [0.25, 0.3) is 0 Å². The molecule has 2 rings (SSSR count). The SMILES string of the molecule is N#Cc1cc(Br)ccc1NC[C@@H]1CCCS1(=O)=O. The zero-order chi connectivity index (χ0) is 13.2. The van der Waals surface area contributed by atoms with Gasteiger partial charge in [0.25, 0.3) is 0 Å². The summed E-state index contributed by atoms with van der Waals surface area (Å²) in [5.41, 5.74) is 1.20. The van der Waals surface area contributed by atoms with E-state index in [1.165, 1.54) is 0 Å². The second-order valence-corrected chi connectivity index (χ2v) is 7.63. The van der Waals surface area contributed by atoms with Crippen molar-refractivity contribution in [2.24, 2.45) is 0 Å². The van der Waals surface area contributed by atoms with Crippen LogP contribution >= 0.6 is 15.9 Å². The topological polar surface area (TPSA) is 70.0 Å². The summed E-state index contributed by atoms with van der Waals surface area (Å²) in [5.74, 6) is 0.283. The van der Waals surface area contributed by atoms with Crippen LogP contribution in [0.1, 0.15) is 18.4 Å². The fourth-order valence-electron chi connectivity index (χ4n) is 2.07. The van der Waals surface area contributed by atoms with Crippen molar-refractivity contribution in [3.8, 4) is 6.07 Å². The lowest BCUT2D eigenvalue weighted by molar-refractivity contribution is 0.591. The number of nitriles is 1. The first-order valence-electron chi connectivity index (χ1n) is 5.68. The molecule has 6 heteroatoms. The molecule has 1 aliphatic rings. The van der Waals surface area contributed by atoms with Gasteiger partial charge in [-0.25, -0.2) is 8.42 Å². The molecule has 0 aromatic heterocycles. The molecule has 0 saturated carbocycles. The Morgan fingerprint density at radius 3 is 2.89 bits per heavy atom. The van der Waals surface area contributed by atoms with Gasteiger partial charge in [0.2, 0.25) is 0 Å². The second-order valence-electron chi connectivity index (χ2n) is 4.31. The largest absolute Gasteiger partial charge is 0.383 e. The molecule has 4 nitrogen and oxygen atoms in total. The third-order valence-corrected chi connectivity index (χ3v) is 5.85. The van der Waals surface area contributed by atoms with Crippen molar-refractivity contribution in [1.82, 2.24) is 0 Å². The summed E-state index contributed by atoms with van der Waals surface area (Å²) >= 11 is 3.30. The van der Waals surface area contributed by atoms with Gasteiger partial charge >= 0.3 is 0 Å². The molecule has 0 aliphatic carbocycles. The number of sulfone groups is 1. The molecular weight excluding hydrogens is 316 g/mol. The highest BCUT2D eigenvalue weighted by Gasteiger charge is 2.30. The van der Waals surface area contributed by atoms with Crippen molar-refractivity contribution >= 4 is 31.5 Å². The van der Waals surface area contributed by atoms with Gasteiger partial charge in [-0.2, -0.15) is 5.26 Å². The molecule has 1 aliphatic heterocycles. The van der Waals surface area contributed by atoms with Gasteiger partial charge in [0.05, 0.1) is 22.3 Å². The lowest BCUT2D eigenvalue weighted by Gasteiger charge is -2.13. The van der Waals surface area contributed by atoms with Crippen molar-refractivity contribution in [2.45, 2.75) is 18.1 Å². The van der Waals surface area contributed by atoms with Crippen LogP contribution in [-0.2, 0) is 9.84 Å². The summed E-state index contributed by atoms with van der Waals surface area (Å²) in [6, 6.07) is 7.41. The van der Waals surface area contributed by atoms with Crippen LogP contribution in [0.4, 0.5) is 5.69 Å². The summed E-state index contributed by atoms with van der Waals surface area (Å²) in [4.78, 5) is 0. The Kier molecular flexibility index (Phi) is 3.93. The van der Waals surface area contributed by atoms with E-state index >= 15 is 0 Å². The van der Waals surface area contributed by atoms with Gasteiger partial charge in [0.1, 0.15) is 6.07 Å². The summed E-state index contributed by atoms with van der Waals surface area (Å²) in [6.07, 6.45) is 1.44. The van der Waals surface area contributed by atoms with Crippen molar-refractivity contribution in [1.29, 1.82) is 5.26 Å². The van der Waals surface area contributed by atoms with Crippen molar-refractivity contribution < 1.29 is 8.42 Å². The number of rotatable bonds is 3. The van der Waals surface area contributed by atoms with Crippen LogP contribution in [0.2, 0.25) is 0 Å². The smallest absolute Gasteiger partial charge is 0.154 e. The first-order valence-corrected chi connectivity index (χ1v) is 8.19. The van der Waals surface area contributed by atoms with Crippen LogP contribution in [-0.4, -0.2) is 26.0 Å². The van der Waals surface area contributed by atoms with Gasteiger partial charge in [0, 0.05) is 11.0 Å². The molecule has 1 heterocycles. The molecule has 1 aromatic rings. The highest BCUT2D eigenvalue weighted by Crippen LogP contribution is 2.23. The van der Waals surface area contributed by atoms with Crippen LogP contribution in [0.15, 0.2) is 22.7 Å². The number of halogens is 1. The van der Waals surface area contributed by atoms with E-state index in [2.05, 4.69) is 27.3 Å². The second kappa shape index (κ2) is 5.29. The Labute approximate surface area is 115 Å². The Hall–Kier alpha value is -1.06. The third-order valence-electron chi connectivity index (χ3n) is 3.09. The maximum absolute atomic E-state index is 11.7. The molecule has 0 radical (unpaired) electrons. The van der Waals surface area contributed by atoms with Crippen LogP contribution in [0.3, 0.4) is 0 Å². The zero-order valence-electron chi connectivity index (χ0n) is 9.69. The zero-order valence-corrected chi connectivity index (χ0v) is 12.1. The monoisotopic (exact) mass is 328 g/mol. The van der Waals surface area contributed by atoms with E-state index in [9.17, 15) is 8.42 Å². The Bertz CT molecular complexity index is 593. The molecule has 0 unspecified atom stereocenters. The van der Waals surface area contributed by atoms with Crippen molar-refractivity contribution in [2.75, 3.05) is 17.6 Å². The molecular formula is C12H13BrN2O2S. The maximum atomic E-state index is 11.7. The van der Waals surface area contributed by atoms with E-state index in [0.717, 1.165) is 10.9 Å². The molecule has 0 spiro atoms. The number of nitrogens with one attached hydrogen (secondary N) is 1. The molecule has 0 amide bonds.